The van der Waals surface area contributed by atoms with Crippen molar-refractivity contribution in [3.63, 3.8) is 0 Å². The fourth-order valence-electron chi connectivity index (χ4n) is 2.03. The van der Waals surface area contributed by atoms with Crippen LogP contribution in [0.15, 0.2) is 48.5 Å². The SMILES string of the molecule is Cc1ccc(CNC(=O)C(C)(C)C(=O)Nc2ccc(F)cc2)cc1. The number of carbonyl (C=O) groups excluding carboxylic acids is 2. The van der Waals surface area contributed by atoms with Crippen molar-refractivity contribution in [3.05, 3.63) is 65.5 Å². The minimum atomic E-state index is -1.25. The Kier molecular flexibility index (Phi) is 5.34. The summed E-state index contributed by atoms with van der Waals surface area (Å²) in [5, 5.41) is 5.40. The largest absolute Gasteiger partial charge is 0.351 e. The third-order valence-electron chi connectivity index (χ3n) is 3.81. The summed E-state index contributed by atoms with van der Waals surface area (Å²) in [5.41, 5.74) is 1.30. The zero-order chi connectivity index (χ0) is 17.7. The van der Waals surface area contributed by atoms with Crippen LogP contribution >= 0.6 is 0 Å². The molecule has 0 bridgehead atoms. The van der Waals surface area contributed by atoms with Gasteiger partial charge in [-0.05, 0) is 50.6 Å². The van der Waals surface area contributed by atoms with Crippen LogP contribution in [0, 0.1) is 18.2 Å². The van der Waals surface area contributed by atoms with Crippen molar-refractivity contribution in [1.82, 2.24) is 5.32 Å². The van der Waals surface area contributed by atoms with Crippen molar-refractivity contribution in [1.29, 1.82) is 0 Å². The molecular weight excluding hydrogens is 307 g/mol. The van der Waals surface area contributed by atoms with Gasteiger partial charge >= 0.3 is 0 Å². The highest BCUT2D eigenvalue weighted by Crippen LogP contribution is 2.19. The molecule has 0 heterocycles. The lowest BCUT2D eigenvalue weighted by atomic mass is 9.90. The van der Waals surface area contributed by atoms with Gasteiger partial charge in [0, 0.05) is 12.2 Å². The summed E-state index contributed by atoms with van der Waals surface area (Å²) in [6.45, 7) is 5.45. The van der Waals surface area contributed by atoms with E-state index in [-0.39, 0.29) is 11.7 Å². The summed E-state index contributed by atoms with van der Waals surface area (Å²) in [6, 6.07) is 13.2. The molecule has 0 aliphatic heterocycles. The summed E-state index contributed by atoms with van der Waals surface area (Å²) in [5.74, 6) is -1.21. The summed E-state index contributed by atoms with van der Waals surface area (Å²) in [4.78, 5) is 24.7. The zero-order valence-corrected chi connectivity index (χ0v) is 14.0. The van der Waals surface area contributed by atoms with Gasteiger partial charge in [0.25, 0.3) is 0 Å². The van der Waals surface area contributed by atoms with Gasteiger partial charge in [0.05, 0.1) is 0 Å². The van der Waals surface area contributed by atoms with Gasteiger partial charge in [-0.1, -0.05) is 29.8 Å². The first kappa shape index (κ1) is 17.7. The average molecular weight is 328 g/mol. The van der Waals surface area contributed by atoms with E-state index in [1.54, 1.807) is 13.8 Å². The molecule has 0 unspecified atom stereocenters. The lowest BCUT2D eigenvalue weighted by Gasteiger charge is -2.22. The van der Waals surface area contributed by atoms with Crippen molar-refractivity contribution in [2.45, 2.75) is 27.3 Å². The molecule has 0 fully saturated rings. The van der Waals surface area contributed by atoms with Crippen LogP contribution in [0.25, 0.3) is 0 Å². The maximum atomic E-state index is 12.9. The third-order valence-corrected chi connectivity index (χ3v) is 3.81. The topological polar surface area (TPSA) is 58.2 Å². The number of hydrogen-bond donors (Lipinski definition) is 2. The van der Waals surface area contributed by atoms with Crippen molar-refractivity contribution in [2.24, 2.45) is 5.41 Å². The van der Waals surface area contributed by atoms with Crippen molar-refractivity contribution < 1.29 is 14.0 Å². The molecule has 0 aliphatic rings. The molecular formula is C19H21FN2O2. The predicted molar refractivity (Wildman–Crippen MR) is 91.8 cm³/mol. The molecule has 5 heteroatoms. The molecule has 0 aliphatic carbocycles. The van der Waals surface area contributed by atoms with Gasteiger partial charge in [-0.2, -0.15) is 0 Å². The molecule has 0 saturated carbocycles. The highest BCUT2D eigenvalue weighted by molar-refractivity contribution is 6.09. The third kappa shape index (κ3) is 4.41. The second-order valence-electron chi connectivity index (χ2n) is 6.25. The van der Waals surface area contributed by atoms with E-state index in [0.717, 1.165) is 11.1 Å². The van der Waals surface area contributed by atoms with Crippen LogP contribution in [0.3, 0.4) is 0 Å². The van der Waals surface area contributed by atoms with E-state index in [9.17, 15) is 14.0 Å². The molecule has 0 spiro atoms. The minimum absolute atomic E-state index is 0.354. The van der Waals surface area contributed by atoms with E-state index in [4.69, 9.17) is 0 Å². The van der Waals surface area contributed by atoms with Gasteiger partial charge in [0.1, 0.15) is 11.2 Å². The van der Waals surface area contributed by atoms with Gasteiger partial charge in [-0.25, -0.2) is 4.39 Å². The number of hydrogen-bond acceptors (Lipinski definition) is 2. The number of nitrogens with one attached hydrogen (secondary N) is 2. The minimum Gasteiger partial charge on any atom is -0.351 e. The molecule has 4 nitrogen and oxygen atoms in total. The van der Waals surface area contributed by atoms with E-state index in [1.807, 2.05) is 31.2 Å². The fourth-order valence-corrected chi connectivity index (χ4v) is 2.03. The number of anilines is 1. The van der Waals surface area contributed by atoms with Crippen molar-refractivity contribution in [3.8, 4) is 0 Å². The number of aryl methyl sites for hydroxylation is 1. The first-order valence-electron chi connectivity index (χ1n) is 7.70. The highest BCUT2D eigenvalue weighted by atomic mass is 19.1. The molecule has 0 aromatic heterocycles. The standard InChI is InChI=1S/C19H21FN2O2/c1-13-4-6-14(7-5-13)12-21-17(23)19(2,3)18(24)22-16-10-8-15(20)9-11-16/h4-11H,12H2,1-3H3,(H,21,23)(H,22,24). The Morgan fingerprint density at radius 2 is 1.54 bits per heavy atom. The van der Waals surface area contributed by atoms with Gasteiger partial charge in [-0.15, -0.1) is 0 Å². The molecule has 24 heavy (non-hydrogen) atoms. The number of rotatable bonds is 5. The number of carbonyl (C=O) groups is 2. The Bertz CT molecular complexity index is 722. The van der Waals surface area contributed by atoms with Crippen LogP contribution in [0.4, 0.5) is 10.1 Å². The summed E-state index contributed by atoms with van der Waals surface area (Å²) in [6.07, 6.45) is 0. The summed E-state index contributed by atoms with van der Waals surface area (Å²) < 4.78 is 12.9. The lowest BCUT2D eigenvalue weighted by molar-refractivity contribution is -0.138. The molecule has 2 aromatic rings. The van der Waals surface area contributed by atoms with Gasteiger partial charge in [0.2, 0.25) is 11.8 Å². The fraction of sp³-hybridized carbons (Fsp3) is 0.263. The smallest absolute Gasteiger partial charge is 0.239 e. The summed E-state index contributed by atoms with van der Waals surface area (Å²) >= 11 is 0. The molecule has 2 aromatic carbocycles. The quantitative estimate of drug-likeness (QED) is 0.826. The van der Waals surface area contributed by atoms with Crippen LogP contribution in [0.2, 0.25) is 0 Å². The maximum absolute atomic E-state index is 12.9. The number of benzene rings is 2. The molecule has 0 saturated heterocycles. The van der Waals surface area contributed by atoms with Crippen LogP contribution in [-0.4, -0.2) is 11.8 Å². The molecule has 0 atom stereocenters. The molecule has 126 valence electrons. The predicted octanol–water partition coefficient (Wildman–Crippen LogP) is 3.42. The molecule has 0 radical (unpaired) electrons. The molecule has 2 rings (SSSR count). The Balaban J connectivity index is 1.96. The zero-order valence-electron chi connectivity index (χ0n) is 14.0. The van der Waals surface area contributed by atoms with E-state index in [2.05, 4.69) is 10.6 Å². The van der Waals surface area contributed by atoms with Gasteiger partial charge in [0.15, 0.2) is 0 Å². The second kappa shape index (κ2) is 7.25. The normalized spacial score (nSPS) is 11.0. The molecule has 2 amide bonds. The Morgan fingerprint density at radius 1 is 0.958 bits per heavy atom. The monoisotopic (exact) mass is 328 g/mol. The Labute approximate surface area is 141 Å². The van der Waals surface area contributed by atoms with E-state index < -0.39 is 11.3 Å². The molecule has 2 N–H and O–H groups in total. The summed E-state index contributed by atoms with van der Waals surface area (Å²) in [7, 11) is 0. The lowest BCUT2D eigenvalue weighted by Crippen LogP contribution is -2.44. The van der Waals surface area contributed by atoms with Crippen LogP contribution in [0.5, 0.6) is 0 Å². The number of halogens is 1. The van der Waals surface area contributed by atoms with Crippen molar-refractivity contribution >= 4 is 17.5 Å². The highest BCUT2D eigenvalue weighted by Gasteiger charge is 2.35. The second-order valence-corrected chi connectivity index (χ2v) is 6.25. The van der Waals surface area contributed by atoms with Crippen LogP contribution in [-0.2, 0) is 16.1 Å². The number of amides is 2. The Morgan fingerprint density at radius 3 is 2.12 bits per heavy atom. The van der Waals surface area contributed by atoms with E-state index in [1.165, 1.54) is 24.3 Å². The average Bonchev–Trinajstić information content (AvgIpc) is 2.56. The Hall–Kier alpha value is -2.69. The van der Waals surface area contributed by atoms with E-state index >= 15 is 0 Å². The maximum Gasteiger partial charge on any atom is 0.239 e. The van der Waals surface area contributed by atoms with E-state index in [0.29, 0.717) is 12.2 Å². The van der Waals surface area contributed by atoms with Crippen LogP contribution in [0.1, 0.15) is 25.0 Å². The van der Waals surface area contributed by atoms with Gasteiger partial charge in [-0.3, -0.25) is 9.59 Å². The van der Waals surface area contributed by atoms with Crippen LogP contribution < -0.4 is 10.6 Å². The van der Waals surface area contributed by atoms with Gasteiger partial charge < -0.3 is 10.6 Å². The first-order chi connectivity index (χ1) is 11.3. The van der Waals surface area contributed by atoms with Crippen molar-refractivity contribution in [2.75, 3.05) is 5.32 Å². The first-order valence-corrected chi connectivity index (χ1v) is 7.70.